The number of carbonyl (C=O) groups excluding carboxylic acids is 2. The van der Waals surface area contributed by atoms with Gasteiger partial charge < -0.3 is 15.0 Å². The van der Waals surface area contributed by atoms with Crippen molar-refractivity contribution in [3.05, 3.63) is 71.7 Å². The van der Waals surface area contributed by atoms with Crippen LogP contribution < -0.4 is 10.1 Å². The Morgan fingerprint density at radius 2 is 1.91 bits per heavy atom. The van der Waals surface area contributed by atoms with Crippen LogP contribution in [0.2, 0.25) is 0 Å². The highest BCUT2D eigenvalue weighted by molar-refractivity contribution is 5.98. The molecule has 0 spiro atoms. The number of aromatic nitrogens is 1. The van der Waals surface area contributed by atoms with Crippen molar-refractivity contribution in [1.82, 2.24) is 20.1 Å². The normalized spacial score (nSPS) is 16.6. The number of halogens is 1. The van der Waals surface area contributed by atoms with E-state index in [1.54, 1.807) is 30.2 Å². The first kappa shape index (κ1) is 22.7. The molecule has 0 saturated carbocycles. The van der Waals surface area contributed by atoms with E-state index in [0.29, 0.717) is 37.4 Å². The zero-order valence-electron chi connectivity index (χ0n) is 18.8. The molecule has 2 heterocycles. The van der Waals surface area contributed by atoms with Crippen molar-refractivity contribution in [2.45, 2.75) is 19.5 Å². The van der Waals surface area contributed by atoms with Gasteiger partial charge in [-0.15, -0.1) is 0 Å². The highest BCUT2D eigenvalue weighted by atomic mass is 19.1. The van der Waals surface area contributed by atoms with Crippen LogP contribution in [0.1, 0.15) is 23.0 Å². The highest BCUT2D eigenvalue weighted by Gasteiger charge is 2.27. The third-order valence-corrected chi connectivity index (χ3v) is 5.88. The maximum atomic E-state index is 13.1. The van der Waals surface area contributed by atoms with Crippen LogP contribution in [0.3, 0.4) is 0 Å². The molecule has 1 unspecified atom stereocenters. The number of amides is 2. The molecule has 1 aliphatic rings. The number of rotatable bonds is 6. The minimum Gasteiger partial charge on any atom is -0.496 e. The smallest absolute Gasteiger partial charge is 0.270 e. The maximum Gasteiger partial charge on any atom is 0.270 e. The number of fused-ring (bicyclic) bond motifs is 1. The molecule has 172 valence electrons. The molecule has 1 atom stereocenters. The third kappa shape index (κ3) is 5.28. The summed E-state index contributed by atoms with van der Waals surface area (Å²) in [5.74, 6) is -0.245. The van der Waals surface area contributed by atoms with E-state index in [0.717, 1.165) is 10.9 Å². The molecule has 1 aliphatic heterocycles. The van der Waals surface area contributed by atoms with Crippen LogP contribution in [0.15, 0.2) is 54.6 Å². The van der Waals surface area contributed by atoms with Crippen molar-refractivity contribution in [2.24, 2.45) is 0 Å². The number of piperazine rings is 1. The molecule has 3 aromatic rings. The molecular formula is C25H27FN4O3. The van der Waals surface area contributed by atoms with Gasteiger partial charge in [-0.25, -0.2) is 9.37 Å². The number of benzene rings is 2. The molecule has 0 aliphatic carbocycles. The Labute approximate surface area is 192 Å². The standard InChI is InChI=1S/C25H27FN4O3/c1-17-15-29(16-18-7-9-19(26)10-8-18)11-12-30(17)24(31)14-27-25(32)22-13-23(33-2)20-5-3-4-6-21(20)28-22/h3-10,13,17H,11-12,14-16H2,1-2H3,(H,27,32). The fraction of sp³-hybridized carbons (Fsp3) is 0.320. The van der Waals surface area contributed by atoms with E-state index in [1.807, 2.05) is 31.2 Å². The summed E-state index contributed by atoms with van der Waals surface area (Å²) in [4.78, 5) is 33.9. The zero-order chi connectivity index (χ0) is 23.4. The summed E-state index contributed by atoms with van der Waals surface area (Å²) in [6.45, 7) is 4.59. The van der Waals surface area contributed by atoms with E-state index in [9.17, 15) is 14.0 Å². The number of hydrogen-bond acceptors (Lipinski definition) is 5. The van der Waals surface area contributed by atoms with E-state index >= 15 is 0 Å². The topological polar surface area (TPSA) is 74.8 Å². The van der Waals surface area contributed by atoms with E-state index in [-0.39, 0.29) is 30.0 Å². The summed E-state index contributed by atoms with van der Waals surface area (Å²) in [6.07, 6.45) is 0. The Bertz CT molecular complexity index is 1150. The summed E-state index contributed by atoms with van der Waals surface area (Å²) < 4.78 is 18.5. The molecule has 2 amide bonds. The van der Waals surface area contributed by atoms with Crippen LogP contribution in [0.4, 0.5) is 4.39 Å². The Hall–Kier alpha value is -3.52. The summed E-state index contributed by atoms with van der Waals surface area (Å²) in [5.41, 5.74) is 1.89. The van der Waals surface area contributed by atoms with E-state index in [2.05, 4.69) is 15.2 Å². The Morgan fingerprint density at radius 1 is 1.15 bits per heavy atom. The van der Waals surface area contributed by atoms with Crippen molar-refractivity contribution in [2.75, 3.05) is 33.3 Å². The summed E-state index contributed by atoms with van der Waals surface area (Å²) >= 11 is 0. The number of para-hydroxylation sites is 1. The van der Waals surface area contributed by atoms with Gasteiger partial charge in [0.25, 0.3) is 5.91 Å². The average molecular weight is 451 g/mol. The molecule has 1 fully saturated rings. The van der Waals surface area contributed by atoms with Gasteiger partial charge in [0.15, 0.2) is 0 Å². The lowest BCUT2D eigenvalue weighted by atomic mass is 10.1. The van der Waals surface area contributed by atoms with Crippen LogP contribution in [-0.4, -0.2) is 65.9 Å². The molecule has 1 N–H and O–H groups in total. The van der Waals surface area contributed by atoms with Crippen LogP contribution in [0.5, 0.6) is 5.75 Å². The molecule has 4 rings (SSSR count). The van der Waals surface area contributed by atoms with Gasteiger partial charge in [-0.2, -0.15) is 0 Å². The minimum atomic E-state index is -0.421. The SMILES string of the molecule is COc1cc(C(=O)NCC(=O)N2CCN(Cc3ccc(F)cc3)CC2C)nc2ccccc12. The first-order valence-corrected chi connectivity index (χ1v) is 10.9. The molecule has 33 heavy (non-hydrogen) atoms. The molecular weight excluding hydrogens is 423 g/mol. The zero-order valence-corrected chi connectivity index (χ0v) is 18.8. The number of pyridine rings is 1. The molecule has 7 nitrogen and oxygen atoms in total. The second kappa shape index (κ2) is 9.95. The van der Waals surface area contributed by atoms with Crippen molar-refractivity contribution in [3.8, 4) is 5.75 Å². The molecule has 0 bridgehead atoms. The summed E-state index contributed by atoms with van der Waals surface area (Å²) in [5, 5.41) is 3.51. The minimum absolute atomic E-state index is 0.00230. The Kier molecular flexibility index (Phi) is 6.84. The fourth-order valence-electron chi connectivity index (χ4n) is 4.17. The Balaban J connectivity index is 1.33. The van der Waals surface area contributed by atoms with Gasteiger partial charge in [0, 0.05) is 43.7 Å². The van der Waals surface area contributed by atoms with E-state index < -0.39 is 5.91 Å². The van der Waals surface area contributed by atoms with Crippen molar-refractivity contribution >= 4 is 22.7 Å². The first-order chi connectivity index (χ1) is 15.9. The maximum absolute atomic E-state index is 13.1. The van der Waals surface area contributed by atoms with Crippen LogP contribution in [0.25, 0.3) is 10.9 Å². The number of carbonyl (C=O) groups is 2. The van der Waals surface area contributed by atoms with Crippen LogP contribution in [0, 0.1) is 5.82 Å². The van der Waals surface area contributed by atoms with Gasteiger partial charge in [0.05, 0.1) is 19.2 Å². The lowest BCUT2D eigenvalue weighted by molar-refractivity contribution is -0.134. The molecule has 2 aromatic carbocycles. The number of ether oxygens (including phenoxy) is 1. The summed E-state index contributed by atoms with van der Waals surface area (Å²) in [6, 6.07) is 15.5. The number of hydrogen-bond donors (Lipinski definition) is 1. The van der Waals surface area contributed by atoms with Gasteiger partial charge in [-0.05, 0) is 36.8 Å². The number of methoxy groups -OCH3 is 1. The predicted octanol–water partition coefficient (Wildman–Crippen LogP) is 2.85. The van der Waals surface area contributed by atoms with Gasteiger partial charge in [0.1, 0.15) is 17.3 Å². The molecule has 0 radical (unpaired) electrons. The molecule has 1 aromatic heterocycles. The number of nitrogens with zero attached hydrogens (tertiary/aromatic N) is 3. The van der Waals surface area contributed by atoms with Gasteiger partial charge in [0.2, 0.25) is 5.91 Å². The lowest BCUT2D eigenvalue weighted by Gasteiger charge is -2.40. The van der Waals surface area contributed by atoms with E-state index in [4.69, 9.17) is 4.74 Å². The lowest BCUT2D eigenvalue weighted by Crippen LogP contribution is -2.55. The summed E-state index contributed by atoms with van der Waals surface area (Å²) in [7, 11) is 1.55. The van der Waals surface area contributed by atoms with Crippen molar-refractivity contribution in [3.63, 3.8) is 0 Å². The highest BCUT2D eigenvalue weighted by Crippen LogP contribution is 2.25. The van der Waals surface area contributed by atoms with Crippen LogP contribution >= 0.6 is 0 Å². The number of nitrogens with one attached hydrogen (secondary N) is 1. The first-order valence-electron chi connectivity index (χ1n) is 10.9. The van der Waals surface area contributed by atoms with Crippen molar-refractivity contribution < 1.29 is 18.7 Å². The van der Waals surface area contributed by atoms with Gasteiger partial charge in [-0.3, -0.25) is 14.5 Å². The molecule has 8 heteroatoms. The monoisotopic (exact) mass is 450 g/mol. The van der Waals surface area contributed by atoms with Gasteiger partial charge >= 0.3 is 0 Å². The largest absolute Gasteiger partial charge is 0.496 e. The van der Waals surface area contributed by atoms with Crippen molar-refractivity contribution in [1.29, 1.82) is 0 Å². The second-order valence-corrected chi connectivity index (χ2v) is 8.21. The quantitative estimate of drug-likeness (QED) is 0.625. The third-order valence-electron chi connectivity index (χ3n) is 5.88. The average Bonchev–Trinajstić information content (AvgIpc) is 2.83. The molecule has 1 saturated heterocycles. The fourth-order valence-corrected chi connectivity index (χ4v) is 4.17. The van der Waals surface area contributed by atoms with E-state index in [1.165, 1.54) is 12.1 Å². The van der Waals surface area contributed by atoms with Crippen LogP contribution in [-0.2, 0) is 11.3 Å². The second-order valence-electron chi connectivity index (χ2n) is 8.21. The Morgan fingerprint density at radius 3 is 2.64 bits per heavy atom. The predicted molar refractivity (Wildman–Crippen MR) is 123 cm³/mol. The van der Waals surface area contributed by atoms with Gasteiger partial charge in [-0.1, -0.05) is 24.3 Å².